The number of hydrogen-bond acceptors (Lipinski definition) is 9. The Morgan fingerprint density at radius 2 is 2.07 bits per heavy atom. The number of nitrogens with one attached hydrogen (secondary N) is 1. The Hall–Kier alpha value is -3.01. The number of hydrogen-bond donors (Lipinski definition) is 1. The maximum absolute atomic E-state index is 11.8. The Labute approximate surface area is 159 Å². The highest BCUT2D eigenvalue weighted by Crippen LogP contribution is 2.37. The third-order valence-corrected chi connectivity index (χ3v) is 5.40. The van der Waals surface area contributed by atoms with Crippen LogP contribution in [0.1, 0.15) is 19.3 Å². The van der Waals surface area contributed by atoms with E-state index in [9.17, 15) is 10.1 Å². The predicted octanol–water partition coefficient (Wildman–Crippen LogP) is 3.74. The number of thiazole rings is 1. The van der Waals surface area contributed by atoms with Crippen molar-refractivity contribution in [3.05, 3.63) is 34.6 Å². The molecule has 3 heterocycles. The van der Waals surface area contributed by atoms with E-state index in [0.29, 0.717) is 10.9 Å². The quantitative estimate of drug-likeness (QED) is 0.522. The molecule has 0 amide bonds. The number of nitro groups is 1. The number of fused-ring (bicyclic) bond motifs is 1. The predicted molar refractivity (Wildman–Crippen MR) is 104 cm³/mol. The van der Waals surface area contributed by atoms with Crippen LogP contribution < -0.4 is 15.0 Å². The zero-order valence-electron chi connectivity index (χ0n) is 14.7. The summed E-state index contributed by atoms with van der Waals surface area (Å²) >= 11 is 1.38. The normalized spacial score (nSPS) is 14.3. The molecule has 0 atom stereocenters. The number of nitrogens with zero attached hydrogens (tertiary/aromatic N) is 5. The summed E-state index contributed by atoms with van der Waals surface area (Å²) in [6, 6.07) is 5.56. The first-order valence-electron chi connectivity index (χ1n) is 8.61. The van der Waals surface area contributed by atoms with Crippen molar-refractivity contribution in [2.24, 2.45) is 0 Å². The summed E-state index contributed by atoms with van der Waals surface area (Å²) in [5.74, 6) is 1.25. The molecule has 10 heteroatoms. The molecule has 1 saturated heterocycles. The van der Waals surface area contributed by atoms with Crippen LogP contribution in [0.2, 0.25) is 0 Å². The number of anilines is 3. The second-order valence-corrected chi connectivity index (χ2v) is 7.21. The standard InChI is InChI=1S/C17H18N6O3S/c1-26-11-5-6-12-13(9-11)27-17(20-12)21-15-14(23(24)25)16(19-10-18-15)22-7-3-2-4-8-22/h5-6,9-10H,2-4,7-8H2,1H3,(H,18,19,20,21). The minimum atomic E-state index is -0.428. The van der Waals surface area contributed by atoms with E-state index in [1.165, 1.54) is 17.7 Å². The van der Waals surface area contributed by atoms with E-state index in [4.69, 9.17) is 4.74 Å². The molecule has 3 aromatic rings. The van der Waals surface area contributed by atoms with Crippen LogP contribution in [0.5, 0.6) is 5.75 Å². The molecule has 2 aromatic heterocycles. The van der Waals surface area contributed by atoms with Crippen molar-refractivity contribution in [3.63, 3.8) is 0 Å². The number of benzene rings is 1. The minimum absolute atomic E-state index is 0.115. The van der Waals surface area contributed by atoms with E-state index in [-0.39, 0.29) is 11.5 Å². The van der Waals surface area contributed by atoms with Crippen LogP contribution in [-0.2, 0) is 0 Å². The third kappa shape index (κ3) is 3.47. The van der Waals surface area contributed by atoms with Crippen LogP contribution in [-0.4, -0.2) is 40.1 Å². The lowest BCUT2D eigenvalue weighted by Gasteiger charge is -2.27. The molecule has 27 heavy (non-hydrogen) atoms. The average molecular weight is 386 g/mol. The smallest absolute Gasteiger partial charge is 0.353 e. The molecule has 1 N–H and O–H groups in total. The van der Waals surface area contributed by atoms with Crippen LogP contribution in [0.25, 0.3) is 10.2 Å². The molecule has 1 aliphatic rings. The molecule has 0 aliphatic carbocycles. The van der Waals surface area contributed by atoms with E-state index in [1.807, 2.05) is 23.1 Å². The number of ether oxygens (including phenoxy) is 1. The highest BCUT2D eigenvalue weighted by molar-refractivity contribution is 7.22. The summed E-state index contributed by atoms with van der Waals surface area (Å²) in [7, 11) is 1.60. The van der Waals surface area contributed by atoms with Gasteiger partial charge < -0.3 is 15.0 Å². The molecule has 0 spiro atoms. The van der Waals surface area contributed by atoms with E-state index in [0.717, 1.165) is 48.3 Å². The fourth-order valence-electron chi connectivity index (χ4n) is 3.15. The van der Waals surface area contributed by atoms with Crippen molar-refractivity contribution >= 4 is 44.0 Å². The lowest BCUT2D eigenvalue weighted by molar-refractivity contribution is -0.383. The zero-order valence-corrected chi connectivity index (χ0v) is 15.5. The number of methoxy groups -OCH3 is 1. The van der Waals surface area contributed by atoms with E-state index in [1.54, 1.807) is 7.11 Å². The minimum Gasteiger partial charge on any atom is -0.497 e. The van der Waals surface area contributed by atoms with E-state index >= 15 is 0 Å². The highest BCUT2D eigenvalue weighted by atomic mass is 32.1. The topological polar surface area (TPSA) is 106 Å². The molecule has 4 rings (SSSR count). The number of rotatable bonds is 5. The van der Waals surface area contributed by atoms with Crippen LogP contribution in [0, 0.1) is 10.1 Å². The lowest BCUT2D eigenvalue weighted by Crippen LogP contribution is -2.31. The molecular weight excluding hydrogens is 368 g/mol. The molecule has 0 bridgehead atoms. The van der Waals surface area contributed by atoms with Crippen LogP contribution in [0.4, 0.5) is 22.5 Å². The van der Waals surface area contributed by atoms with Gasteiger partial charge in [-0.25, -0.2) is 15.0 Å². The molecule has 1 fully saturated rings. The van der Waals surface area contributed by atoms with Gasteiger partial charge in [0.2, 0.25) is 11.6 Å². The van der Waals surface area contributed by atoms with E-state index in [2.05, 4.69) is 20.3 Å². The van der Waals surface area contributed by atoms with Crippen LogP contribution in [0.15, 0.2) is 24.5 Å². The maximum Gasteiger partial charge on any atom is 0.353 e. The Bertz CT molecular complexity index is 986. The Morgan fingerprint density at radius 1 is 1.26 bits per heavy atom. The zero-order chi connectivity index (χ0) is 18.8. The fourth-order valence-corrected chi connectivity index (χ4v) is 4.05. The molecule has 1 aliphatic heterocycles. The number of piperidine rings is 1. The van der Waals surface area contributed by atoms with Gasteiger partial charge in [0.15, 0.2) is 5.13 Å². The first-order chi connectivity index (χ1) is 13.2. The van der Waals surface area contributed by atoms with Gasteiger partial charge in [-0.05, 0) is 37.5 Å². The second-order valence-electron chi connectivity index (χ2n) is 6.18. The van der Waals surface area contributed by atoms with Gasteiger partial charge in [-0.15, -0.1) is 0 Å². The van der Waals surface area contributed by atoms with Gasteiger partial charge in [-0.2, -0.15) is 0 Å². The summed E-state index contributed by atoms with van der Waals surface area (Å²) in [5, 5.41) is 15.3. The molecule has 0 radical (unpaired) electrons. The Balaban J connectivity index is 1.70. The van der Waals surface area contributed by atoms with Gasteiger partial charge in [0.1, 0.15) is 12.1 Å². The Kier molecular flexibility index (Phi) is 4.71. The largest absolute Gasteiger partial charge is 0.497 e. The first kappa shape index (κ1) is 17.4. The SMILES string of the molecule is COc1ccc2nc(Nc3ncnc(N4CCCCC4)c3[N+](=O)[O-])sc2c1. The number of aromatic nitrogens is 3. The maximum atomic E-state index is 11.8. The molecule has 9 nitrogen and oxygen atoms in total. The fraction of sp³-hybridized carbons (Fsp3) is 0.353. The van der Waals surface area contributed by atoms with E-state index < -0.39 is 4.92 Å². The molecule has 0 saturated carbocycles. The van der Waals surface area contributed by atoms with Gasteiger partial charge in [-0.3, -0.25) is 10.1 Å². The second kappa shape index (κ2) is 7.31. The summed E-state index contributed by atoms with van der Waals surface area (Å²) in [6.07, 6.45) is 4.50. The molecule has 1 aromatic carbocycles. The van der Waals surface area contributed by atoms with Crippen molar-refractivity contribution in [2.45, 2.75) is 19.3 Å². The first-order valence-corrected chi connectivity index (χ1v) is 9.43. The summed E-state index contributed by atoms with van der Waals surface area (Å²) in [4.78, 5) is 26.1. The highest BCUT2D eigenvalue weighted by Gasteiger charge is 2.28. The van der Waals surface area contributed by atoms with Crippen molar-refractivity contribution in [2.75, 3.05) is 30.4 Å². The van der Waals surface area contributed by atoms with Crippen molar-refractivity contribution < 1.29 is 9.66 Å². The van der Waals surface area contributed by atoms with Crippen LogP contribution in [0.3, 0.4) is 0 Å². The molecule has 140 valence electrons. The molecular formula is C17H18N6O3S. The Morgan fingerprint density at radius 3 is 2.81 bits per heavy atom. The molecule has 0 unspecified atom stereocenters. The van der Waals surface area contributed by atoms with Crippen molar-refractivity contribution in [1.82, 2.24) is 15.0 Å². The van der Waals surface area contributed by atoms with Gasteiger partial charge in [-0.1, -0.05) is 11.3 Å². The summed E-state index contributed by atoms with van der Waals surface area (Å²) < 4.78 is 6.15. The monoisotopic (exact) mass is 386 g/mol. The lowest BCUT2D eigenvalue weighted by atomic mass is 10.1. The summed E-state index contributed by atoms with van der Waals surface area (Å²) in [6.45, 7) is 1.52. The van der Waals surface area contributed by atoms with Gasteiger partial charge >= 0.3 is 5.69 Å². The van der Waals surface area contributed by atoms with Gasteiger partial charge in [0.05, 0.1) is 22.2 Å². The third-order valence-electron chi connectivity index (χ3n) is 4.46. The van der Waals surface area contributed by atoms with Crippen molar-refractivity contribution in [3.8, 4) is 5.75 Å². The van der Waals surface area contributed by atoms with Gasteiger partial charge in [0.25, 0.3) is 0 Å². The summed E-state index contributed by atoms with van der Waals surface area (Å²) in [5.41, 5.74) is 0.674. The van der Waals surface area contributed by atoms with Crippen LogP contribution >= 0.6 is 11.3 Å². The van der Waals surface area contributed by atoms with Gasteiger partial charge in [0, 0.05) is 13.1 Å². The average Bonchev–Trinajstić information content (AvgIpc) is 3.09. The van der Waals surface area contributed by atoms with Crippen molar-refractivity contribution in [1.29, 1.82) is 0 Å².